The number of hydrogen-bond donors (Lipinski definition) is 1. The van der Waals surface area contributed by atoms with Crippen LogP contribution in [0.15, 0.2) is 16.5 Å². The van der Waals surface area contributed by atoms with Crippen molar-refractivity contribution in [1.29, 1.82) is 0 Å². The van der Waals surface area contributed by atoms with Gasteiger partial charge in [0.25, 0.3) is 0 Å². The molecule has 130 valence electrons. The molecular formula is C18H30N2O3. The van der Waals surface area contributed by atoms with Crippen molar-refractivity contribution in [1.82, 2.24) is 9.80 Å². The van der Waals surface area contributed by atoms with Crippen LogP contribution in [0.2, 0.25) is 0 Å². The first-order chi connectivity index (χ1) is 11.2. The van der Waals surface area contributed by atoms with Crippen LogP contribution in [-0.4, -0.2) is 66.9 Å². The van der Waals surface area contributed by atoms with Crippen molar-refractivity contribution >= 4 is 0 Å². The summed E-state index contributed by atoms with van der Waals surface area (Å²) < 4.78 is 11.3. The normalized spacial score (nSPS) is 26.1. The molecule has 2 atom stereocenters. The highest BCUT2D eigenvalue weighted by Gasteiger charge is 2.27. The van der Waals surface area contributed by atoms with E-state index in [1.54, 1.807) is 0 Å². The number of β-amino-alcohol motifs (C(OH)–C–C–N with tert-alkyl or cyclic N) is 1. The first-order valence-corrected chi connectivity index (χ1v) is 9.01. The Kier molecular flexibility index (Phi) is 6.11. The third kappa shape index (κ3) is 4.80. The summed E-state index contributed by atoms with van der Waals surface area (Å²) in [7, 11) is 0. The summed E-state index contributed by atoms with van der Waals surface area (Å²) in [5, 5.41) is 10.6. The summed E-state index contributed by atoms with van der Waals surface area (Å²) in [5.74, 6) is 2.03. The first-order valence-electron chi connectivity index (χ1n) is 9.01. The minimum absolute atomic E-state index is 0.311. The molecule has 2 saturated heterocycles. The van der Waals surface area contributed by atoms with Gasteiger partial charge in [-0.15, -0.1) is 0 Å². The van der Waals surface area contributed by atoms with E-state index in [1.807, 2.05) is 13.0 Å². The fraction of sp³-hybridized carbons (Fsp3) is 0.778. The van der Waals surface area contributed by atoms with E-state index < -0.39 is 0 Å². The lowest BCUT2D eigenvalue weighted by Crippen LogP contribution is -2.45. The highest BCUT2D eigenvalue weighted by Crippen LogP contribution is 2.31. The molecule has 5 heteroatoms. The SMILES string of the molecule is Cc1ccc([C@@H]2CCCCCN2C[C@@H](O)CN2CCOCC2)o1. The zero-order valence-electron chi connectivity index (χ0n) is 14.2. The van der Waals surface area contributed by atoms with Crippen LogP contribution in [0, 0.1) is 6.92 Å². The van der Waals surface area contributed by atoms with Gasteiger partial charge in [0.1, 0.15) is 11.5 Å². The van der Waals surface area contributed by atoms with Crippen molar-refractivity contribution in [3.63, 3.8) is 0 Å². The van der Waals surface area contributed by atoms with Gasteiger partial charge in [-0.3, -0.25) is 9.80 Å². The summed E-state index contributed by atoms with van der Waals surface area (Å²) in [6.07, 6.45) is 4.52. The number of ether oxygens (including phenoxy) is 1. The molecule has 0 amide bonds. The van der Waals surface area contributed by atoms with Crippen LogP contribution in [0.25, 0.3) is 0 Å². The van der Waals surface area contributed by atoms with E-state index in [1.165, 1.54) is 19.3 Å². The van der Waals surface area contributed by atoms with Gasteiger partial charge in [0, 0.05) is 26.2 Å². The van der Waals surface area contributed by atoms with E-state index in [2.05, 4.69) is 15.9 Å². The number of hydrogen-bond acceptors (Lipinski definition) is 5. The highest BCUT2D eigenvalue weighted by molar-refractivity contribution is 5.10. The van der Waals surface area contributed by atoms with E-state index in [0.717, 1.165) is 63.9 Å². The summed E-state index contributed by atoms with van der Waals surface area (Å²) in [4.78, 5) is 4.73. The Balaban J connectivity index is 1.60. The van der Waals surface area contributed by atoms with E-state index >= 15 is 0 Å². The maximum atomic E-state index is 10.6. The molecule has 2 aliphatic rings. The molecule has 0 aromatic carbocycles. The molecule has 2 aliphatic heterocycles. The molecule has 2 fully saturated rings. The summed E-state index contributed by atoms with van der Waals surface area (Å²) in [6, 6.07) is 4.46. The van der Waals surface area contributed by atoms with Crippen LogP contribution in [-0.2, 0) is 4.74 Å². The van der Waals surface area contributed by atoms with Crippen LogP contribution in [0.5, 0.6) is 0 Å². The van der Waals surface area contributed by atoms with Gasteiger partial charge < -0.3 is 14.3 Å². The molecule has 0 bridgehead atoms. The molecule has 0 unspecified atom stereocenters. The number of furan rings is 1. The molecule has 0 saturated carbocycles. The average Bonchev–Trinajstić information content (AvgIpc) is 2.84. The van der Waals surface area contributed by atoms with Crippen molar-refractivity contribution in [2.24, 2.45) is 0 Å². The van der Waals surface area contributed by atoms with Crippen LogP contribution < -0.4 is 0 Å². The smallest absolute Gasteiger partial charge is 0.121 e. The largest absolute Gasteiger partial charge is 0.465 e. The van der Waals surface area contributed by atoms with Gasteiger partial charge in [0.15, 0.2) is 0 Å². The predicted octanol–water partition coefficient (Wildman–Crippen LogP) is 2.20. The van der Waals surface area contributed by atoms with Gasteiger partial charge >= 0.3 is 0 Å². The molecule has 1 N–H and O–H groups in total. The highest BCUT2D eigenvalue weighted by atomic mass is 16.5. The molecular weight excluding hydrogens is 292 g/mol. The summed E-state index contributed by atoms with van der Waals surface area (Å²) >= 11 is 0. The summed E-state index contributed by atoms with van der Waals surface area (Å²) in [6.45, 7) is 7.93. The zero-order chi connectivity index (χ0) is 16.1. The fourth-order valence-corrected chi connectivity index (χ4v) is 3.75. The fourth-order valence-electron chi connectivity index (χ4n) is 3.75. The Morgan fingerprint density at radius 1 is 1.13 bits per heavy atom. The predicted molar refractivity (Wildman–Crippen MR) is 89.5 cm³/mol. The standard InChI is InChI=1S/C18H30N2O3/c1-15-6-7-18(23-15)17-5-3-2-4-8-20(17)14-16(21)13-19-9-11-22-12-10-19/h6-7,16-17,21H,2-5,8-14H2,1H3/t16-,17-/m0/s1. The number of rotatable bonds is 5. The van der Waals surface area contributed by atoms with E-state index in [9.17, 15) is 5.11 Å². The third-order valence-electron chi connectivity index (χ3n) is 4.97. The molecule has 1 aromatic heterocycles. The molecule has 3 heterocycles. The van der Waals surface area contributed by atoms with Gasteiger partial charge in [-0.1, -0.05) is 12.8 Å². The van der Waals surface area contributed by atoms with Crippen LogP contribution in [0.4, 0.5) is 0 Å². The molecule has 23 heavy (non-hydrogen) atoms. The van der Waals surface area contributed by atoms with Crippen molar-refractivity contribution in [2.45, 2.75) is 44.8 Å². The van der Waals surface area contributed by atoms with Gasteiger partial charge in [0.2, 0.25) is 0 Å². The number of aliphatic hydroxyl groups is 1. The lowest BCUT2D eigenvalue weighted by molar-refractivity contribution is 0.00208. The minimum Gasteiger partial charge on any atom is -0.465 e. The topological polar surface area (TPSA) is 49.1 Å². The molecule has 0 aliphatic carbocycles. The van der Waals surface area contributed by atoms with Crippen molar-refractivity contribution in [3.8, 4) is 0 Å². The minimum atomic E-state index is -0.315. The number of nitrogens with zero attached hydrogens (tertiary/aromatic N) is 2. The molecule has 5 nitrogen and oxygen atoms in total. The average molecular weight is 322 g/mol. The Labute approximate surface area is 139 Å². The van der Waals surface area contributed by atoms with E-state index in [0.29, 0.717) is 6.04 Å². The number of morpholine rings is 1. The molecule has 0 radical (unpaired) electrons. The Hall–Kier alpha value is -0.880. The van der Waals surface area contributed by atoms with Crippen LogP contribution in [0.3, 0.4) is 0 Å². The third-order valence-corrected chi connectivity index (χ3v) is 4.97. The maximum Gasteiger partial charge on any atom is 0.121 e. The lowest BCUT2D eigenvalue weighted by Gasteiger charge is -2.33. The van der Waals surface area contributed by atoms with Crippen LogP contribution in [0.1, 0.15) is 43.2 Å². The first kappa shape index (κ1) is 17.0. The van der Waals surface area contributed by atoms with Crippen LogP contribution >= 0.6 is 0 Å². The van der Waals surface area contributed by atoms with Crippen molar-refractivity contribution < 1.29 is 14.3 Å². The van der Waals surface area contributed by atoms with Gasteiger partial charge in [-0.2, -0.15) is 0 Å². The van der Waals surface area contributed by atoms with Gasteiger partial charge in [0.05, 0.1) is 25.4 Å². The van der Waals surface area contributed by atoms with Crippen molar-refractivity contribution in [2.75, 3.05) is 45.9 Å². The molecule has 3 rings (SSSR count). The quantitative estimate of drug-likeness (QED) is 0.900. The zero-order valence-corrected chi connectivity index (χ0v) is 14.2. The number of aryl methyl sites for hydroxylation is 1. The molecule has 0 spiro atoms. The Morgan fingerprint density at radius 3 is 2.70 bits per heavy atom. The second-order valence-electron chi connectivity index (χ2n) is 6.88. The van der Waals surface area contributed by atoms with Gasteiger partial charge in [-0.05, 0) is 38.4 Å². The monoisotopic (exact) mass is 322 g/mol. The lowest BCUT2D eigenvalue weighted by atomic mass is 10.1. The Morgan fingerprint density at radius 2 is 1.96 bits per heavy atom. The number of aliphatic hydroxyl groups excluding tert-OH is 1. The van der Waals surface area contributed by atoms with Crippen molar-refractivity contribution in [3.05, 3.63) is 23.7 Å². The second-order valence-corrected chi connectivity index (χ2v) is 6.88. The number of likely N-dealkylation sites (tertiary alicyclic amines) is 1. The van der Waals surface area contributed by atoms with E-state index in [4.69, 9.17) is 9.15 Å². The molecule has 1 aromatic rings. The summed E-state index contributed by atoms with van der Waals surface area (Å²) in [5.41, 5.74) is 0. The maximum absolute atomic E-state index is 10.6. The second kappa shape index (κ2) is 8.29. The Bertz CT molecular complexity index is 471. The van der Waals surface area contributed by atoms with E-state index in [-0.39, 0.29) is 6.10 Å². The van der Waals surface area contributed by atoms with Gasteiger partial charge in [-0.25, -0.2) is 0 Å².